The quantitative estimate of drug-likeness (QED) is 0.585. The molecular weight excluding hydrogens is 242 g/mol. The van der Waals surface area contributed by atoms with Crippen molar-refractivity contribution in [2.45, 2.75) is 26.7 Å². The molecule has 0 radical (unpaired) electrons. The monoisotopic (exact) mass is 263 g/mol. The third-order valence-electron chi connectivity index (χ3n) is 3.05. The summed E-state index contributed by atoms with van der Waals surface area (Å²) in [4.78, 5) is 25.5. The van der Waals surface area contributed by atoms with E-state index in [2.05, 4.69) is 0 Å². The fourth-order valence-corrected chi connectivity index (χ4v) is 1.81. The molecule has 0 saturated heterocycles. The molecule has 0 aliphatic heterocycles. The second kappa shape index (κ2) is 6.92. The highest BCUT2D eigenvalue weighted by atomic mass is 16.5. The van der Waals surface area contributed by atoms with Gasteiger partial charge in [-0.15, -0.1) is 0 Å². The molecule has 1 aromatic rings. The van der Waals surface area contributed by atoms with Crippen LogP contribution in [0, 0.1) is 6.92 Å². The lowest BCUT2D eigenvalue weighted by molar-refractivity contribution is -0.125. The van der Waals surface area contributed by atoms with Crippen molar-refractivity contribution in [2.75, 3.05) is 20.7 Å². The lowest BCUT2D eigenvalue weighted by Crippen LogP contribution is -2.34. The Morgan fingerprint density at radius 1 is 1.32 bits per heavy atom. The molecule has 4 nitrogen and oxygen atoms in total. The zero-order valence-electron chi connectivity index (χ0n) is 12.0. The number of aryl methyl sites for hydroxylation is 1. The van der Waals surface area contributed by atoms with Crippen molar-refractivity contribution >= 4 is 11.7 Å². The summed E-state index contributed by atoms with van der Waals surface area (Å²) < 4.78 is 5.13. The molecule has 4 heteroatoms. The van der Waals surface area contributed by atoms with Crippen molar-refractivity contribution in [1.29, 1.82) is 0 Å². The molecule has 0 aromatic heterocycles. The minimum Gasteiger partial charge on any atom is -0.496 e. The van der Waals surface area contributed by atoms with Gasteiger partial charge >= 0.3 is 0 Å². The molecule has 1 aromatic carbocycles. The molecule has 0 aliphatic rings. The molecule has 0 saturated carbocycles. The third-order valence-corrected chi connectivity index (χ3v) is 3.05. The number of methoxy groups -OCH3 is 1. The fourth-order valence-electron chi connectivity index (χ4n) is 1.81. The van der Waals surface area contributed by atoms with Gasteiger partial charge in [-0.05, 0) is 37.1 Å². The number of amides is 1. The van der Waals surface area contributed by atoms with Crippen molar-refractivity contribution in [2.24, 2.45) is 0 Å². The zero-order valence-corrected chi connectivity index (χ0v) is 12.0. The number of nitrogens with zero attached hydrogens (tertiary/aromatic N) is 1. The van der Waals surface area contributed by atoms with E-state index in [0.29, 0.717) is 17.9 Å². The summed E-state index contributed by atoms with van der Waals surface area (Å²) in [6, 6.07) is 5.02. The van der Waals surface area contributed by atoms with Crippen molar-refractivity contribution in [3.8, 4) is 5.75 Å². The van der Waals surface area contributed by atoms with Crippen LogP contribution < -0.4 is 4.74 Å². The highest BCUT2D eigenvalue weighted by molar-refractivity contribution is 6.42. The lowest BCUT2D eigenvalue weighted by atomic mass is 10.1. The number of Topliss-reactive ketones (excluding diaryl/α,β-unsaturated/α-hetero) is 1. The number of hydrogen-bond acceptors (Lipinski definition) is 3. The molecule has 0 heterocycles. The molecule has 0 aliphatic carbocycles. The van der Waals surface area contributed by atoms with Crippen LogP contribution in [0.4, 0.5) is 0 Å². The second-order valence-corrected chi connectivity index (χ2v) is 4.59. The van der Waals surface area contributed by atoms with Crippen molar-refractivity contribution in [1.82, 2.24) is 4.90 Å². The Labute approximate surface area is 114 Å². The number of benzene rings is 1. The van der Waals surface area contributed by atoms with Gasteiger partial charge in [0.2, 0.25) is 5.78 Å². The Bertz CT molecular complexity index is 468. The van der Waals surface area contributed by atoms with E-state index in [1.165, 1.54) is 4.90 Å². The van der Waals surface area contributed by atoms with E-state index in [-0.39, 0.29) is 0 Å². The van der Waals surface area contributed by atoms with Gasteiger partial charge in [0.25, 0.3) is 5.91 Å². The second-order valence-electron chi connectivity index (χ2n) is 4.59. The van der Waals surface area contributed by atoms with Crippen molar-refractivity contribution in [3.63, 3.8) is 0 Å². The van der Waals surface area contributed by atoms with Crippen LogP contribution in [0.5, 0.6) is 5.75 Å². The maximum Gasteiger partial charge on any atom is 0.294 e. The Balaban J connectivity index is 2.82. The van der Waals surface area contributed by atoms with Gasteiger partial charge in [0.05, 0.1) is 7.11 Å². The van der Waals surface area contributed by atoms with E-state index in [1.807, 2.05) is 13.8 Å². The number of hydrogen-bond donors (Lipinski definition) is 0. The third kappa shape index (κ3) is 3.81. The number of unbranched alkanes of at least 4 members (excludes halogenated alkanes) is 1. The predicted octanol–water partition coefficient (Wildman–Crippen LogP) is 2.44. The van der Waals surface area contributed by atoms with Crippen molar-refractivity contribution in [3.05, 3.63) is 29.3 Å². The summed E-state index contributed by atoms with van der Waals surface area (Å²) in [5, 5.41) is 0. The molecule has 1 rings (SSSR count). The van der Waals surface area contributed by atoms with Gasteiger partial charge in [0, 0.05) is 19.2 Å². The molecule has 19 heavy (non-hydrogen) atoms. The Morgan fingerprint density at radius 2 is 2.00 bits per heavy atom. The van der Waals surface area contributed by atoms with E-state index in [1.54, 1.807) is 32.4 Å². The average molecular weight is 263 g/mol. The number of likely N-dealkylation sites (N-methyl/N-ethyl adjacent to an activating group) is 1. The number of rotatable bonds is 6. The van der Waals surface area contributed by atoms with Crippen LogP contribution in [-0.2, 0) is 4.79 Å². The van der Waals surface area contributed by atoms with Gasteiger partial charge in [-0.1, -0.05) is 13.3 Å². The van der Waals surface area contributed by atoms with Gasteiger partial charge in [-0.2, -0.15) is 0 Å². The average Bonchev–Trinajstić information content (AvgIpc) is 2.42. The summed E-state index contributed by atoms with van der Waals surface area (Å²) >= 11 is 0. The molecule has 0 unspecified atom stereocenters. The first-order chi connectivity index (χ1) is 9.01. The smallest absolute Gasteiger partial charge is 0.294 e. The number of ketones is 1. The highest BCUT2D eigenvalue weighted by Gasteiger charge is 2.20. The van der Waals surface area contributed by atoms with Gasteiger partial charge < -0.3 is 9.64 Å². The van der Waals surface area contributed by atoms with E-state index >= 15 is 0 Å². The van der Waals surface area contributed by atoms with Crippen LogP contribution >= 0.6 is 0 Å². The summed E-state index contributed by atoms with van der Waals surface area (Å²) in [6.45, 7) is 4.50. The largest absolute Gasteiger partial charge is 0.496 e. The predicted molar refractivity (Wildman–Crippen MR) is 74.6 cm³/mol. The van der Waals surface area contributed by atoms with E-state index in [0.717, 1.165) is 18.4 Å². The van der Waals surface area contributed by atoms with Gasteiger partial charge in [0.1, 0.15) is 5.75 Å². The molecule has 0 bridgehead atoms. The molecule has 0 fully saturated rings. The first kappa shape index (κ1) is 15.2. The number of carbonyl (C=O) groups excluding carboxylic acids is 2. The number of carbonyl (C=O) groups is 2. The molecule has 0 atom stereocenters. The summed E-state index contributed by atoms with van der Waals surface area (Å²) in [7, 11) is 3.24. The van der Waals surface area contributed by atoms with Crippen LogP contribution in [0.25, 0.3) is 0 Å². The molecular formula is C15H21NO3. The Morgan fingerprint density at radius 3 is 2.53 bits per heavy atom. The SMILES string of the molecule is CCCCN(C)C(=O)C(=O)c1ccc(OC)c(C)c1. The minimum atomic E-state index is -0.468. The van der Waals surface area contributed by atoms with E-state index < -0.39 is 11.7 Å². The fraction of sp³-hybridized carbons (Fsp3) is 0.467. The Kier molecular flexibility index (Phi) is 5.55. The normalized spacial score (nSPS) is 10.1. The maximum atomic E-state index is 12.1. The highest BCUT2D eigenvalue weighted by Crippen LogP contribution is 2.19. The van der Waals surface area contributed by atoms with Crippen LogP contribution in [0.15, 0.2) is 18.2 Å². The number of ether oxygens (including phenoxy) is 1. The van der Waals surface area contributed by atoms with Crippen LogP contribution in [0.1, 0.15) is 35.7 Å². The molecule has 1 amide bonds. The van der Waals surface area contributed by atoms with E-state index in [4.69, 9.17) is 4.74 Å². The summed E-state index contributed by atoms with van der Waals surface area (Å²) in [5.74, 6) is -0.217. The first-order valence-electron chi connectivity index (χ1n) is 6.45. The summed E-state index contributed by atoms with van der Waals surface area (Å²) in [6.07, 6.45) is 1.89. The van der Waals surface area contributed by atoms with Crippen LogP contribution in [0.2, 0.25) is 0 Å². The summed E-state index contributed by atoms with van der Waals surface area (Å²) in [5.41, 5.74) is 1.25. The molecule has 104 valence electrons. The van der Waals surface area contributed by atoms with Gasteiger partial charge in [0.15, 0.2) is 0 Å². The lowest BCUT2D eigenvalue weighted by Gasteiger charge is -2.16. The van der Waals surface area contributed by atoms with E-state index in [9.17, 15) is 9.59 Å². The van der Waals surface area contributed by atoms with Crippen LogP contribution in [0.3, 0.4) is 0 Å². The standard InChI is InChI=1S/C15H21NO3/c1-5-6-9-16(3)15(18)14(17)12-7-8-13(19-4)11(2)10-12/h7-8,10H,5-6,9H2,1-4H3. The molecule has 0 spiro atoms. The van der Waals surface area contributed by atoms with Gasteiger partial charge in [-0.25, -0.2) is 0 Å². The zero-order chi connectivity index (χ0) is 14.4. The first-order valence-corrected chi connectivity index (χ1v) is 6.45. The Hall–Kier alpha value is -1.84. The topological polar surface area (TPSA) is 46.6 Å². The van der Waals surface area contributed by atoms with Crippen LogP contribution in [-0.4, -0.2) is 37.3 Å². The molecule has 0 N–H and O–H groups in total. The maximum absolute atomic E-state index is 12.1. The minimum absolute atomic E-state index is 0.409. The van der Waals surface area contributed by atoms with Crippen molar-refractivity contribution < 1.29 is 14.3 Å². The van der Waals surface area contributed by atoms with Gasteiger partial charge in [-0.3, -0.25) is 9.59 Å².